The van der Waals surface area contributed by atoms with Crippen LogP contribution in [0.15, 0.2) is 4.99 Å². The van der Waals surface area contributed by atoms with E-state index in [1.54, 1.807) is 0 Å². The first-order valence-electron chi connectivity index (χ1n) is 8.46. The summed E-state index contributed by atoms with van der Waals surface area (Å²) in [5, 5.41) is 6.75. The molecule has 0 amide bonds. The van der Waals surface area contributed by atoms with Gasteiger partial charge in [0.2, 0.25) is 0 Å². The van der Waals surface area contributed by atoms with Gasteiger partial charge in [0.25, 0.3) is 0 Å². The minimum Gasteiger partial charge on any atom is -0.381 e. The Morgan fingerprint density at radius 3 is 2.82 bits per heavy atom. The lowest BCUT2D eigenvalue weighted by Crippen LogP contribution is -2.39. The first-order chi connectivity index (χ1) is 10.2. The lowest BCUT2D eigenvalue weighted by molar-refractivity contribution is 0.123. The van der Waals surface area contributed by atoms with Crippen LogP contribution in [0.5, 0.6) is 0 Å². The lowest BCUT2D eigenvalue weighted by atomic mass is 10.1. The van der Waals surface area contributed by atoms with Gasteiger partial charge in [-0.25, -0.2) is 0 Å². The zero-order valence-electron chi connectivity index (χ0n) is 14.0. The molecule has 0 radical (unpaired) electrons. The predicted octanol–water partition coefficient (Wildman–Crippen LogP) is 3.26. The molecule has 130 valence electrons. The van der Waals surface area contributed by atoms with Crippen molar-refractivity contribution in [1.29, 1.82) is 0 Å². The van der Waals surface area contributed by atoms with Crippen LogP contribution in [0.25, 0.3) is 0 Å². The lowest BCUT2D eigenvalue weighted by Gasteiger charge is -2.21. The van der Waals surface area contributed by atoms with Crippen LogP contribution >= 0.6 is 35.7 Å². The van der Waals surface area contributed by atoms with Crippen LogP contribution in [-0.4, -0.2) is 49.3 Å². The third kappa shape index (κ3) is 8.24. The summed E-state index contributed by atoms with van der Waals surface area (Å²) in [6.45, 7) is 9.02. The Balaban J connectivity index is 0.00000242. The van der Waals surface area contributed by atoms with Gasteiger partial charge in [0.05, 0.1) is 6.54 Å². The fourth-order valence-corrected chi connectivity index (χ4v) is 3.69. The Bertz CT molecular complexity index is 331. The standard InChI is InChI=1S/C16H31N3OS.HI/c1-3-17-15(19-13-16(2)8-4-11-21-16)18-9-5-10-20-12-14-6-7-14;/h14H,3-13H2,1-2H3,(H2,17,18,19);1H. The Morgan fingerprint density at radius 1 is 1.36 bits per heavy atom. The molecule has 1 atom stereocenters. The summed E-state index contributed by atoms with van der Waals surface area (Å²) in [5.41, 5.74) is 0. The second-order valence-electron chi connectivity index (χ2n) is 6.40. The zero-order chi connectivity index (χ0) is 15.0. The summed E-state index contributed by atoms with van der Waals surface area (Å²) in [7, 11) is 0. The normalized spacial score (nSPS) is 24.9. The molecule has 2 aliphatic rings. The first-order valence-corrected chi connectivity index (χ1v) is 9.44. The van der Waals surface area contributed by atoms with E-state index < -0.39 is 0 Å². The summed E-state index contributed by atoms with van der Waals surface area (Å²) in [6, 6.07) is 0. The van der Waals surface area contributed by atoms with E-state index in [0.29, 0.717) is 4.75 Å². The third-order valence-electron chi connectivity index (χ3n) is 4.02. The Hall–Kier alpha value is 0.310. The summed E-state index contributed by atoms with van der Waals surface area (Å²) in [5.74, 6) is 3.10. The Labute approximate surface area is 157 Å². The molecular weight excluding hydrogens is 409 g/mol. The van der Waals surface area contributed by atoms with Crippen molar-refractivity contribution in [2.75, 3.05) is 38.6 Å². The van der Waals surface area contributed by atoms with Gasteiger partial charge in [0, 0.05) is 31.1 Å². The van der Waals surface area contributed by atoms with Gasteiger partial charge in [-0.15, -0.1) is 24.0 Å². The number of hydrogen-bond donors (Lipinski definition) is 2. The van der Waals surface area contributed by atoms with Crippen LogP contribution in [0.2, 0.25) is 0 Å². The predicted molar refractivity (Wildman–Crippen MR) is 108 cm³/mol. The van der Waals surface area contributed by atoms with Crippen LogP contribution < -0.4 is 10.6 Å². The maximum absolute atomic E-state index is 5.65. The van der Waals surface area contributed by atoms with Crippen molar-refractivity contribution < 1.29 is 4.74 Å². The molecule has 0 bridgehead atoms. The highest BCUT2D eigenvalue weighted by Crippen LogP contribution is 2.37. The second-order valence-corrected chi connectivity index (χ2v) is 8.08. The number of nitrogens with zero attached hydrogens (tertiary/aromatic N) is 1. The molecule has 1 aliphatic carbocycles. The molecule has 2 N–H and O–H groups in total. The smallest absolute Gasteiger partial charge is 0.191 e. The molecule has 1 heterocycles. The van der Waals surface area contributed by atoms with E-state index in [-0.39, 0.29) is 24.0 Å². The number of guanidine groups is 1. The van der Waals surface area contributed by atoms with Gasteiger partial charge in [0.1, 0.15) is 0 Å². The van der Waals surface area contributed by atoms with E-state index >= 15 is 0 Å². The number of hydrogen-bond acceptors (Lipinski definition) is 3. The van der Waals surface area contributed by atoms with Crippen LogP contribution in [0.4, 0.5) is 0 Å². The molecular formula is C16H32IN3OS. The van der Waals surface area contributed by atoms with Crippen molar-refractivity contribution in [3.63, 3.8) is 0 Å². The molecule has 2 fully saturated rings. The summed E-state index contributed by atoms with van der Waals surface area (Å²) >= 11 is 2.07. The van der Waals surface area contributed by atoms with Crippen LogP contribution in [-0.2, 0) is 4.74 Å². The average molecular weight is 441 g/mol. The molecule has 1 saturated carbocycles. The number of nitrogens with one attached hydrogen (secondary N) is 2. The highest BCUT2D eigenvalue weighted by atomic mass is 127. The molecule has 2 rings (SSSR count). The van der Waals surface area contributed by atoms with Gasteiger partial charge in [-0.3, -0.25) is 4.99 Å². The van der Waals surface area contributed by atoms with Gasteiger partial charge >= 0.3 is 0 Å². The van der Waals surface area contributed by atoms with Gasteiger partial charge in [-0.1, -0.05) is 0 Å². The van der Waals surface area contributed by atoms with Crippen molar-refractivity contribution in [2.24, 2.45) is 10.9 Å². The van der Waals surface area contributed by atoms with E-state index in [4.69, 9.17) is 9.73 Å². The van der Waals surface area contributed by atoms with E-state index in [1.165, 1.54) is 31.4 Å². The number of ether oxygens (including phenoxy) is 1. The van der Waals surface area contributed by atoms with Gasteiger partial charge in [-0.05, 0) is 57.6 Å². The summed E-state index contributed by atoms with van der Waals surface area (Å²) < 4.78 is 6.00. The van der Waals surface area contributed by atoms with Crippen molar-refractivity contribution in [2.45, 2.75) is 50.7 Å². The molecule has 0 aromatic heterocycles. The largest absolute Gasteiger partial charge is 0.381 e. The van der Waals surface area contributed by atoms with Crippen molar-refractivity contribution in [1.82, 2.24) is 10.6 Å². The molecule has 1 saturated heterocycles. The van der Waals surface area contributed by atoms with Crippen molar-refractivity contribution in [3.8, 4) is 0 Å². The van der Waals surface area contributed by atoms with Crippen molar-refractivity contribution in [3.05, 3.63) is 0 Å². The average Bonchev–Trinajstić information content (AvgIpc) is 3.20. The van der Waals surface area contributed by atoms with E-state index in [0.717, 1.165) is 51.1 Å². The van der Waals surface area contributed by atoms with E-state index in [2.05, 4.69) is 36.2 Å². The fourth-order valence-electron chi connectivity index (χ4n) is 2.47. The van der Waals surface area contributed by atoms with Crippen LogP contribution in [0.1, 0.15) is 46.0 Å². The molecule has 22 heavy (non-hydrogen) atoms. The minimum atomic E-state index is 0. The molecule has 0 aromatic carbocycles. The first kappa shape index (κ1) is 20.4. The third-order valence-corrected chi connectivity index (χ3v) is 5.55. The fraction of sp³-hybridized carbons (Fsp3) is 0.938. The Kier molecular flexibility index (Phi) is 10.1. The summed E-state index contributed by atoms with van der Waals surface area (Å²) in [6.07, 6.45) is 6.40. The molecule has 6 heteroatoms. The summed E-state index contributed by atoms with van der Waals surface area (Å²) in [4.78, 5) is 4.76. The maximum Gasteiger partial charge on any atom is 0.191 e. The van der Waals surface area contributed by atoms with E-state index in [1.807, 2.05) is 0 Å². The molecule has 4 nitrogen and oxygen atoms in total. The van der Waals surface area contributed by atoms with Gasteiger partial charge in [0.15, 0.2) is 5.96 Å². The van der Waals surface area contributed by atoms with Crippen molar-refractivity contribution >= 4 is 41.7 Å². The number of aliphatic imine (C=N–C) groups is 1. The number of thioether (sulfide) groups is 1. The molecule has 0 spiro atoms. The minimum absolute atomic E-state index is 0. The zero-order valence-corrected chi connectivity index (χ0v) is 17.2. The highest BCUT2D eigenvalue weighted by Gasteiger charge is 2.29. The number of halogens is 1. The van der Waals surface area contributed by atoms with Gasteiger partial charge in [-0.2, -0.15) is 11.8 Å². The Morgan fingerprint density at radius 2 is 2.18 bits per heavy atom. The van der Waals surface area contributed by atoms with Crippen LogP contribution in [0, 0.1) is 5.92 Å². The maximum atomic E-state index is 5.65. The highest BCUT2D eigenvalue weighted by molar-refractivity contribution is 14.0. The SMILES string of the molecule is CCNC(=NCC1(C)CCCS1)NCCCOCC1CC1.I. The monoisotopic (exact) mass is 441 g/mol. The van der Waals surface area contributed by atoms with E-state index in [9.17, 15) is 0 Å². The quantitative estimate of drug-likeness (QED) is 0.250. The number of rotatable bonds is 9. The van der Waals surface area contributed by atoms with Gasteiger partial charge < -0.3 is 15.4 Å². The topological polar surface area (TPSA) is 45.7 Å². The molecule has 1 unspecified atom stereocenters. The van der Waals surface area contributed by atoms with Crippen LogP contribution in [0.3, 0.4) is 0 Å². The second kappa shape index (κ2) is 11.0. The molecule has 0 aromatic rings. The molecule has 1 aliphatic heterocycles.